The van der Waals surface area contributed by atoms with Crippen molar-refractivity contribution in [2.24, 2.45) is 0 Å². The van der Waals surface area contributed by atoms with Crippen LogP contribution in [0.5, 0.6) is 0 Å². The van der Waals surface area contributed by atoms with Gasteiger partial charge < -0.3 is 9.73 Å². The summed E-state index contributed by atoms with van der Waals surface area (Å²) in [7, 11) is 1.44. The predicted molar refractivity (Wildman–Crippen MR) is 86.2 cm³/mol. The fourth-order valence-corrected chi connectivity index (χ4v) is 2.47. The molecule has 0 radical (unpaired) electrons. The van der Waals surface area contributed by atoms with Crippen molar-refractivity contribution in [1.29, 1.82) is 0 Å². The van der Waals surface area contributed by atoms with Crippen LogP contribution in [0.1, 0.15) is 24.3 Å². The van der Waals surface area contributed by atoms with Gasteiger partial charge in [0.1, 0.15) is 0 Å². The van der Waals surface area contributed by atoms with E-state index in [9.17, 15) is 9.59 Å². The molecule has 0 bridgehead atoms. The fourth-order valence-electron chi connectivity index (χ4n) is 1.89. The van der Waals surface area contributed by atoms with Gasteiger partial charge >= 0.3 is 6.03 Å². The highest BCUT2D eigenvalue weighted by atomic mass is 32.2. The van der Waals surface area contributed by atoms with E-state index in [-0.39, 0.29) is 11.7 Å². The molecule has 0 unspecified atom stereocenters. The summed E-state index contributed by atoms with van der Waals surface area (Å²) in [6, 6.07) is 9.53. The minimum Gasteiger partial charge on any atom is -0.416 e. The van der Waals surface area contributed by atoms with Crippen molar-refractivity contribution < 1.29 is 14.0 Å². The number of hydrogen-bond acceptors (Lipinski definition) is 6. The van der Waals surface area contributed by atoms with Crippen molar-refractivity contribution >= 4 is 23.7 Å². The Hall–Kier alpha value is -2.35. The lowest BCUT2D eigenvalue weighted by atomic mass is 9.98. The molecule has 1 aromatic heterocycles. The summed E-state index contributed by atoms with van der Waals surface area (Å²) in [4.78, 5) is 22.5. The molecule has 0 spiro atoms. The molecule has 3 amide bonds. The van der Waals surface area contributed by atoms with Crippen LogP contribution in [0, 0.1) is 0 Å². The van der Waals surface area contributed by atoms with Crippen molar-refractivity contribution in [2.75, 3.05) is 12.8 Å². The van der Waals surface area contributed by atoms with Crippen LogP contribution in [-0.4, -0.2) is 34.9 Å². The van der Waals surface area contributed by atoms with Crippen LogP contribution in [0.3, 0.4) is 0 Å². The monoisotopic (exact) mass is 334 g/mol. The van der Waals surface area contributed by atoms with E-state index in [1.807, 2.05) is 18.2 Å². The number of benzene rings is 1. The zero-order valence-corrected chi connectivity index (χ0v) is 13.7. The Morgan fingerprint density at radius 1 is 1.26 bits per heavy atom. The molecule has 1 atom stereocenters. The molecule has 2 rings (SSSR count). The number of imide groups is 1. The molecule has 0 aliphatic rings. The molecule has 0 saturated heterocycles. The Balaban J connectivity index is 1.84. The molecule has 0 aliphatic carbocycles. The summed E-state index contributed by atoms with van der Waals surface area (Å²) < 4.78 is 5.52. The highest BCUT2D eigenvalue weighted by molar-refractivity contribution is 7.99. The predicted octanol–water partition coefficient (Wildman–Crippen LogP) is 1.96. The largest absolute Gasteiger partial charge is 0.416 e. The Morgan fingerprint density at radius 3 is 2.70 bits per heavy atom. The maximum Gasteiger partial charge on any atom is 0.321 e. The Labute approximate surface area is 138 Å². The quantitative estimate of drug-likeness (QED) is 0.784. The second-order valence-corrected chi connectivity index (χ2v) is 5.82. The van der Waals surface area contributed by atoms with Gasteiger partial charge in [-0.25, -0.2) is 4.79 Å². The first-order valence-corrected chi connectivity index (χ1v) is 8.08. The van der Waals surface area contributed by atoms with Gasteiger partial charge in [0.2, 0.25) is 11.8 Å². The van der Waals surface area contributed by atoms with Crippen LogP contribution < -0.4 is 10.6 Å². The smallest absolute Gasteiger partial charge is 0.321 e. The number of amides is 3. The van der Waals surface area contributed by atoms with Crippen molar-refractivity contribution in [3.05, 3.63) is 41.8 Å². The average molecular weight is 334 g/mol. The summed E-state index contributed by atoms with van der Waals surface area (Å²) >= 11 is 1.09. The van der Waals surface area contributed by atoms with Gasteiger partial charge in [-0.3, -0.25) is 10.1 Å². The molecular weight excluding hydrogens is 316 g/mol. The van der Waals surface area contributed by atoms with Gasteiger partial charge in [0.05, 0.1) is 5.75 Å². The number of carbonyl (C=O) groups is 2. The number of carbonyl (C=O) groups excluding carboxylic acids is 2. The molecule has 23 heavy (non-hydrogen) atoms. The Bertz CT molecular complexity index is 660. The highest BCUT2D eigenvalue weighted by Gasteiger charge is 2.14. The molecule has 2 N–H and O–H groups in total. The third-order valence-electron chi connectivity index (χ3n) is 3.10. The van der Waals surface area contributed by atoms with Crippen LogP contribution >= 0.6 is 11.8 Å². The lowest BCUT2D eigenvalue weighted by molar-refractivity contribution is -0.117. The molecule has 8 heteroatoms. The summed E-state index contributed by atoms with van der Waals surface area (Å²) in [6.07, 6.45) is 0.627. The molecule has 0 saturated carbocycles. The summed E-state index contributed by atoms with van der Waals surface area (Å²) in [5.41, 5.74) is 1.20. The van der Waals surface area contributed by atoms with Crippen molar-refractivity contribution in [1.82, 2.24) is 20.8 Å². The lowest BCUT2D eigenvalue weighted by Gasteiger charge is -2.08. The molecule has 1 heterocycles. The fraction of sp³-hybridized carbons (Fsp3) is 0.333. The lowest BCUT2D eigenvalue weighted by Crippen LogP contribution is -2.38. The van der Waals surface area contributed by atoms with Gasteiger partial charge in [-0.15, -0.1) is 10.2 Å². The van der Waals surface area contributed by atoms with Crippen LogP contribution in [0.25, 0.3) is 0 Å². The van der Waals surface area contributed by atoms with Crippen LogP contribution in [0.4, 0.5) is 4.79 Å². The summed E-state index contributed by atoms with van der Waals surface area (Å²) in [6.45, 7) is 2.09. The van der Waals surface area contributed by atoms with E-state index in [2.05, 4.69) is 39.9 Å². The minimum absolute atomic E-state index is 0.0310. The molecular formula is C15H18N4O3S. The van der Waals surface area contributed by atoms with Crippen molar-refractivity contribution in [2.45, 2.75) is 24.5 Å². The molecule has 7 nitrogen and oxygen atoms in total. The number of hydrogen-bond donors (Lipinski definition) is 2. The van der Waals surface area contributed by atoms with Gasteiger partial charge in [-0.2, -0.15) is 0 Å². The number of rotatable bonds is 6. The molecule has 1 aromatic carbocycles. The van der Waals surface area contributed by atoms with Gasteiger partial charge in [0, 0.05) is 13.5 Å². The third kappa shape index (κ3) is 5.41. The van der Waals surface area contributed by atoms with Gasteiger partial charge in [0.15, 0.2) is 0 Å². The van der Waals surface area contributed by atoms with Gasteiger partial charge in [0.25, 0.3) is 5.22 Å². The topological polar surface area (TPSA) is 97.1 Å². The van der Waals surface area contributed by atoms with Crippen molar-refractivity contribution in [3.63, 3.8) is 0 Å². The minimum atomic E-state index is -0.543. The van der Waals surface area contributed by atoms with E-state index >= 15 is 0 Å². The maximum absolute atomic E-state index is 11.5. The van der Waals surface area contributed by atoms with E-state index < -0.39 is 11.9 Å². The first-order valence-electron chi connectivity index (χ1n) is 7.10. The Morgan fingerprint density at radius 2 is 2.00 bits per heavy atom. The van der Waals surface area contributed by atoms with Gasteiger partial charge in [-0.1, -0.05) is 49.0 Å². The zero-order chi connectivity index (χ0) is 16.7. The normalized spacial score (nSPS) is 11.7. The number of urea groups is 1. The first-order chi connectivity index (χ1) is 11.1. The molecule has 0 fully saturated rings. The summed E-state index contributed by atoms with van der Waals surface area (Å²) in [5.74, 6) is 0.386. The molecule has 2 aromatic rings. The van der Waals surface area contributed by atoms with Crippen LogP contribution in [0.15, 0.2) is 40.0 Å². The molecule has 122 valence electrons. The standard InChI is InChI=1S/C15H18N4O3S/c1-10(11-6-4-3-5-7-11)8-13-18-19-15(22-13)23-9-12(20)17-14(21)16-2/h3-7,10H,8-9H2,1-2H3,(H2,16,17,20,21)/t10-/m0/s1. The van der Waals surface area contributed by atoms with E-state index in [1.54, 1.807) is 0 Å². The summed E-state index contributed by atoms with van der Waals surface area (Å²) in [5, 5.41) is 12.7. The van der Waals surface area contributed by atoms with Crippen LogP contribution in [0.2, 0.25) is 0 Å². The van der Waals surface area contributed by atoms with Gasteiger partial charge in [-0.05, 0) is 11.5 Å². The highest BCUT2D eigenvalue weighted by Crippen LogP contribution is 2.22. The second kappa shape index (κ2) is 8.33. The second-order valence-electron chi connectivity index (χ2n) is 4.89. The number of nitrogens with one attached hydrogen (secondary N) is 2. The average Bonchev–Trinajstić information content (AvgIpc) is 3.01. The van der Waals surface area contributed by atoms with Crippen LogP contribution in [-0.2, 0) is 11.2 Å². The molecule has 0 aliphatic heterocycles. The number of nitrogens with zero attached hydrogens (tertiary/aromatic N) is 2. The number of aromatic nitrogens is 2. The first kappa shape index (κ1) is 17.0. The third-order valence-corrected chi connectivity index (χ3v) is 3.92. The van der Waals surface area contributed by atoms with Crippen molar-refractivity contribution in [3.8, 4) is 0 Å². The number of thioether (sulfide) groups is 1. The SMILES string of the molecule is CNC(=O)NC(=O)CSc1nnc(C[C@H](C)c2ccccc2)o1. The van der Waals surface area contributed by atoms with E-state index in [1.165, 1.54) is 12.6 Å². The van der Waals surface area contributed by atoms with E-state index in [4.69, 9.17) is 4.42 Å². The van der Waals surface area contributed by atoms with E-state index in [0.29, 0.717) is 17.5 Å². The Kier molecular flexibility index (Phi) is 6.16. The zero-order valence-electron chi connectivity index (χ0n) is 12.9. The maximum atomic E-state index is 11.5. The van der Waals surface area contributed by atoms with E-state index in [0.717, 1.165) is 11.8 Å².